The number of nitrogens with two attached hydrogens (primary N) is 1. The minimum absolute atomic E-state index is 0.0466. The molecule has 0 spiro atoms. The highest BCUT2D eigenvalue weighted by Crippen LogP contribution is 2.41. The molecule has 0 aliphatic rings. The van der Waals surface area contributed by atoms with Crippen LogP contribution >= 0.6 is 35.0 Å². The summed E-state index contributed by atoms with van der Waals surface area (Å²) < 4.78 is 0. The Labute approximate surface area is 180 Å². The molecule has 0 saturated carbocycles. The van der Waals surface area contributed by atoms with E-state index in [4.69, 9.17) is 28.9 Å². The lowest BCUT2D eigenvalue weighted by Gasteiger charge is -2.12. The van der Waals surface area contributed by atoms with E-state index in [0.29, 0.717) is 10.0 Å². The summed E-state index contributed by atoms with van der Waals surface area (Å²) in [6.07, 6.45) is 0. The molecule has 0 unspecified atom stereocenters. The van der Waals surface area contributed by atoms with Crippen LogP contribution in [0.1, 0.15) is 16.1 Å². The fourth-order valence-electron chi connectivity index (χ4n) is 2.88. The Bertz CT molecular complexity index is 1180. The molecule has 146 valence electrons. The van der Waals surface area contributed by atoms with Crippen LogP contribution in [0.5, 0.6) is 0 Å². The van der Waals surface area contributed by atoms with E-state index in [2.05, 4.69) is 38.9 Å². The van der Waals surface area contributed by atoms with Crippen LogP contribution < -0.4 is 11.1 Å². The number of nitrogen functional groups attached to an aromatic ring is 1. The van der Waals surface area contributed by atoms with Gasteiger partial charge in [0.2, 0.25) is 0 Å². The van der Waals surface area contributed by atoms with Crippen molar-refractivity contribution in [1.29, 1.82) is 0 Å². The van der Waals surface area contributed by atoms with Gasteiger partial charge in [0.25, 0.3) is 5.91 Å². The van der Waals surface area contributed by atoms with Crippen LogP contribution in [0.15, 0.2) is 64.4 Å². The molecule has 4 rings (SSSR count). The van der Waals surface area contributed by atoms with E-state index in [9.17, 15) is 4.79 Å². The molecule has 0 atom stereocenters. The second-order valence-electron chi connectivity index (χ2n) is 6.22. The van der Waals surface area contributed by atoms with Crippen molar-refractivity contribution in [3.8, 4) is 0 Å². The van der Waals surface area contributed by atoms with Crippen molar-refractivity contribution >= 4 is 57.5 Å². The number of fused-ring (bicyclic) bond motifs is 1. The van der Waals surface area contributed by atoms with Crippen molar-refractivity contribution in [2.75, 3.05) is 5.73 Å². The number of nitrogens with zero attached hydrogens (tertiary/aromatic N) is 2. The molecule has 4 N–H and O–H groups in total. The van der Waals surface area contributed by atoms with Gasteiger partial charge in [-0.05, 0) is 34.5 Å². The van der Waals surface area contributed by atoms with Gasteiger partial charge in [0.05, 0.1) is 10.0 Å². The van der Waals surface area contributed by atoms with E-state index in [1.807, 2.05) is 24.3 Å². The molecule has 3 aromatic carbocycles. The summed E-state index contributed by atoms with van der Waals surface area (Å²) in [5.41, 5.74) is 6.41. The van der Waals surface area contributed by atoms with Crippen LogP contribution in [0, 0.1) is 0 Å². The number of amides is 1. The van der Waals surface area contributed by atoms with Crippen molar-refractivity contribution in [3.05, 3.63) is 75.9 Å². The molecule has 0 aliphatic heterocycles. The number of benzene rings is 3. The van der Waals surface area contributed by atoms with E-state index >= 15 is 0 Å². The highest BCUT2D eigenvalue weighted by Gasteiger charge is 2.15. The Morgan fingerprint density at radius 3 is 2.55 bits per heavy atom. The minimum Gasteiger partial charge on any atom is -0.382 e. The molecule has 1 heterocycles. The van der Waals surface area contributed by atoms with Gasteiger partial charge in [-0.1, -0.05) is 76.6 Å². The summed E-state index contributed by atoms with van der Waals surface area (Å²) in [6, 6.07) is 17.8. The first-order valence-corrected chi connectivity index (χ1v) is 10.2. The van der Waals surface area contributed by atoms with Gasteiger partial charge < -0.3 is 11.1 Å². The number of aromatic amines is 1. The van der Waals surface area contributed by atoms with Gasteiger partial charge in [0, 0.05) is 16.3 Å². The summed E-state index contributed by atoms with van der Waals surface area (Å²) in [4.78, 5) is 13.9. The lowest BCUT2D eigenvalue weighted by atomic mass is 10.1. The van der Waals surface area contributed by atoms with Gasteiger partial charge in [0.15, 0.2) is 11.5 Å². The third-order valence-electron chi connectivity index (χ3n) is 4.26. The molecule has 0 radical (unpaired) electrons. The molecular formula is C20H15Cl2N5OS. The summed E-state index contributed by atoms with van der Waals surface area (Å²) in [5.74, 6) is -0.321. The van der Waals surface area contributed by atoms with Crippen LogP contribution in [0.3, 0.4) is 0 Å². The quantitative estimate of drug-likeness (QED) is 0.406. The molecule has 4 aromatic rings. The largest absolute Gasteiger partial charge is 0.382 e. The molecule has 6 nitrogen and oxygen atoms in total. The third-order valence-corrected chi connectivity index (χ3v) is 6.30. The zero-order valence-corrected chi connectivity index (χ0v) is 17.3. The highest BCUT2D eigenvalue weighted by molar-refractivity contribution is 7.99. The Balaban J connectivity index is 1.54. The average molecular weight is 444 g/mol. The maximum atomic E-state index is 12.1. The van der Waals surface area contributed by atoms with Crippen molar-refractivity contribution in [2.45, 2.75) is 16.3 Å². The smallest absolute Gasteiger partial charge is 0.275 e. The average Bonchev–Trinajstić information content (AvgIpc) is 3.15. The van der Waals surface area contributed by atoms with Crippen molar-refractivity contribution in [1.82, 2.24) is 20.7 Å². The zero-order chi connectivity index (χ0) is 20.4. The molecule has 29 heavy (non-hydrogen) atoms. The topological polar surface area (TPSA) is 96.7 Å². The molecule has 0 aliphatic carbocycles. The molecule has 1 amide bonds. The van der Waals surface area contributed by atoms with Crippen molar-refractivity contribution < 1.29 is 4.79 Å². The Morgan fingerprint density at radius 1 is 1.10 bits per heavy atom. The van der Waals surface area contributed by atoms with Crippen LogP contribution in [-0.4, -0.2) is 21.3 Å². The highest BCUT2D eigenvalue weighted by atomic mass is 35.5. The van der Waals surface area contributed by atoms with E-state index in [1.165, 1.54) is 11.8 Å². The molecule has 0 bridgehead atoms. The van der Waals surface area contributed by atoms with E-state index in [1.54, 1.807) is 12.1 Å². The van der Waals surface area contributed by atoms with Crippen molar-refractivity contribution in [2.24, 2.45) is 0 Å². The van der Waals surface area contributed by atoms with E-state index < -0.39 is 5.91 Å². The zero-order valence-electron chi connectivity index (χ0n) is 14.9. The standard InChI is InChI=1S/C20H15Cl2N5OS/c21-14-8-11(10-24-20(28)17-19(23)26-27-25-17)9-15(22)18(14)29-16-7-3-5-12-4-1-2-6-13(12)16/h1-9H,10H2,(H,24,28)(H3,23,25,26,27). The molecular weight excluding hydrogens is 429 g/mol. The Hall–Kier alpha value is -2.74. The fourth-order valence-corrected chi connectivity index (χ4v) is 4.62. The van der Waals surface area contributed by atoms with E-state index in [0.717, 1.165) is 26.1 Å². The second kappa shape index (κ2) is 8.32. The van der Waals surface area contributed by atoms with Crippen LogP contribution in [0.2, 0.25) is 10.0 Å². The third kappa shape index (κ3) is 4.17. The lowest BCUT2D eigenvalue weighted by Crippen LogP contribution is -2.24. The maximum absolute atomic E-state index is 12.1. The van der Waals surface area contributed by atoms with Crippen LogP contribution in [-0.2, 0) is 6.54 Å². The summed E-state index contributed by atoms with van der Waals surface area (Å²) in [7, 11) is 0. The number of carbonyl (C=O) groups is 1. The van der Waals surface area contributed by atoms with Crippen molar-refractivity contribution in [3.63, 3.8) is 0 Å². The second-order valence-corrected chi connectivity index (χ2v) is 8.09. The first-order chi connectivity index (χ1) is 14.0. The molecule has 9 heteroatoms. The van der Waals surface area contributed by atoms with Gasteiger partial charge >= 0.3 is 0 Å². The maximum Gasteiger partial charge on any atom is 0.275 e. The van der Waals surface area contributed by atoms with Gasteiger partial charge in [0.1, 0.15) is 0 Å². The van der Waals surface area contributed by atoms with Gasteiger partial charge in [-0.2, -0.15) is 0 Å². The number of anilines is 1. The first kappa shape index (κ1) is 19.6. The number of hydrogen-bond acceptors (Lipinski definition) is 5. The normalized spacial score (nSPS) is 11.0. The molecule has 0 fully saturated rings. The fraction of sp³-hybridized carbons (Fsp3) is 0.0500. The number of rotatable bonds is 5. The monoisotopic (exact) mass is 443 g/mol. The SMILES string of the molecule is Nc1[nH]nnc1C(=O)NCc1cc(Cl)c(Sc2cccc3ccccc23)c(Cl)c1. The number of carbonyl (C=O) groups excluding carboxylic acids is 1. The number of hydrogen-bond donors (Lipinski definition) is 3. The van der Waals surface area contributed by atoms with Gasteiger partial charge in [-0.3, -0.25) is 4.79 Å². The number of halogens is 2. The summed E-state index contributed by atoms with van der Waals surface area (Å²) in [5, 5.41) is 15.6. The number of H-pyrrole nitrogens is 1. The van der Waals surface area contributed by atoms with Gasteiger partial charge in [-0.25, -0.2) is 5.10 Å². The first-order valence-electron chi connectivity index (χ1n) is 8.61. The number of aromatic nitrogens is 3. The number of nitrogens with one attached hydrogen (secondary N) is 2. The summed E-state index contributed by atoms with van der Waals surface area (Å²) in [6.45, 7) is 0.226. The molecule has 0 saturated heterocycles. The Kier molecular flexibility index (Phi) is 5.62. The van der Waals surface area contributed by atoms with Crippen LogP contribution in [0.25, 0.3) is 10.8 Å². The van der Waals surface area contributed by atoms with E-state index in [-0.39, 0.29) is 18.1 Å². The predicted octanol–water partition coefficient (Wildman–Crippen LogP) is 4.93. The van der Waals surface area contributed by atoms with Crippen LogP contribution in [0.4, 0.5) is 5.82 Å². The minimum atomic E-state index is -0.433. The van der Waals surface area contributed by atoms with Gasteiger partial charge in [-0.15, -0.1) is 5.10 Å². The molecule has 1 aromatic heterocycles. The predicted molar refractivity (Wildman–Crippen MR) is 116 cm³/mol. The Morgan fingerprint density at radius 2 is 1.83 bits per heavy atom. The lowest BCUT2D eigenvalue weighted by molar-refractivity contribution is 0.0946. The summed E-state index contributed by atoms with van der Waals surface area (Å²) >= 11 is 14.5.